The summed E-state index contributed by atoms with van der Waals surface area (Å²) in [5.41, 5.74) is 2.84. The van der Waals surface area contributed by atoms with Crippen LogP contribution in [0.1, 0.15) is 51.8 Å². The van der Waals surface area contributed by atoms with Crippen molar-refractivity contribution in [1.82, 2.24) is 14.9 Å². The van der Waals surface area contributed by atoms with Gasteiger partial charge < -0.3 is 9.64 Å². The molecule has 26 heavy (non-hydrogen) atoms. The summed E-state index contributed by atoms with van der Waals surface area (Å²) < 4.78 is 19.1. The average Bonchev–Trinajstić information content (AvgIpc) is 2.65. The monoisotopic (exact) mass is 357 g/mol. The van der Waals surface area contributed by atoms with Crippen LogP contribution in [0.4, 0.5) is 4.39 Å². The van der Waals surface area contributed by atoms with Crippen LogP contribution >= 0.6 is 0 Å². The maximum atomic E-state index is 13.8. The molecule has 1 aromatic heterocycles. The highest BCUT2D eigenvalue weighted by atomic mass is 19.1. The molecule has 0 spiro atoms. The number of rotatable bonds is 4. The quantitative estimate of drug-likeness (QED) is 0.842. The molecule has 1 amide bonds. The van der Waals surface area contributed by atoms with Crippen molar-refractivity contribution in [2.24, 2.45) is 0 Å². The standard InChI is InChI=1S/C20H24FN3O2/c1-13-6-7-15(9-18(13)21)20(25)24-8-4-5-16(11-24)19-17(12-26-3)10-22-14(2)23-19/h6-7,9-10,16H,4-5,8,11-12H2,1-3H3. The minimum Gasteiger partial charge on any atom is -0.380 e. The normalized spacial score (nSPS) is 17.4. The topological polar surface area (TPSA) is 55.3 Å². The molecule has 2 heterocycles. The first-order chi connectivity index (χ1) is 12.5. The van der Waals surface area contributed by atoms with Gasteiger partial charge in [0.25, 0.3) is 5.91 Å². The van der Waals surface area contributed by atoms with Crippen molar-refractivity contribution in [3.63, 3.8) is 0 Å². The third-order valence-electron chi connectivity index (χ3n) is 4.83. The van der Waals surface area contributed by atoms with Gasteiger partial charge in [0.1, 0.15) is 11.6 Å². The van der Waals surface area contributed by atoms with Gasteiger partial charge in [-0.15, -0.1) is 0 Å². The van der Waals surface area contributed by atoms with Gasteiger partial charge in [0.15, 0.2) is 0 Å². The number of hydrogen-bond acceptors (Lipinski definition) is 4. The van der Waals surface area contributed by atoms with E-state index in [2.05, 4.69) is 9.97 Å². The number of ether oxygens (including phenoxy) is 1. The van der Waals surface area contributed by atoms with Gasteiger partial charge in [-0.3, -0.25) is 4.79 Å². The zero-order valence-corrected chi connectivity index (χ0v) is 15.5. The molecule has 0 radical (unpaired) electrons. The molecule has 5 nitrogen and oxygen atoms in total. The first-order valence-corrected chi connectivity index (χ1v) is 8.86. The van der Waals surface area contributed by atoms with E-state index in [9.17, 15) is 9.18 Å². The summed E-state index contributed by atoms with van der Waals surface area (Å²) >= 11 is 0. The number of nitrogens with zero attached hydrogens (tertiary/aromatic N) is 3. The summed E-state index contributed by atoms with van der Waals surface area (Å²) in [5, 5.41) is 0. The SMILES string of the molecule is COCc1cnc(C)nc1C1CCCN(C(=O)c2ccc(C)c(F)c2)C1. The fourth-order valence-corrected chi connectivity index (χ4v) is 3.43. The van der Waals surface area contributed by atoms with E-state index in [1.165, 1.54) is 6.07 Å². The predicted molar refractivity (Wildman–Crippen MR) is 96.5 cm³/mol. The Hall–Kier alpha value is -2.34. The number of carbonyl (C=O) groups is 1. The summed E-state index contributed by atoms with van der Waals surface area (Å²) in [6, 6.07) is 4.66. The van der Waals surface area contributed by atoms with Crippen molar-refractivity contribution in [2.75, 3.05) is 20.2 Å². The van der Waals surface area contributed by atoms with Gasteiger partial charge in [-0.25, -0.2) is 14.4 Å². The summed E-state index contributed by atoms with van der Waals surface area (Å²) in [4.78, 5) is 23.5. The molecule has 1 fully saturated rings. The van der Waals surface area contributed by atoms with E-state index in [0.717, 1.165) is 24.1 Å². The van der Waals surface area contributed by atoms with Gasteiger partial charge in [0.05, 0.1) is 12.3 Å². The van der Waals surface area contributed by atoms with Gasteiger partial charge in [-0.1, -0.05) is 6.07 Å². The van der Waals surface area contributed by atoms with E-state index in [0.29, 0.717) is 36.6 Å². The number of aromatic nitrogens is 2. The summed E-state index contributed by atoms with van der Waals surface area (Å²) in [7, 11) is 1.65. The molecule has 1 aliphatic heterocycles. The number of likely N-dealkylation sites (tertiary alicyclic amines) is 1. The molecule has 6 heteroatoms. The van der Waals surface area contributed by atoms with Crippen LogP contribution in [-0.2, 0) is 11.3 Å². The van der Waals surface area contributed by atoms with E-state index in [-0.39, 0.29) is 17.6 Å². The van der Waals surface area contributed by atoms with Crippen LogP contribution in [0.3, 0.4) is 0 Å². The second kappa shape index (κ2) is 7.91. The highest BCUT2D eigenvalue weighted by Crippen LogP contribution is 2.29. The number of carbonyl (C=O) groups excluding carboxylic acids is 1. The maximum Gasteiger partial charge on any atom is 0.253 e. The highest BCUT2D eigenvalue weighted by molar-refractivity contribution is 5.94. The zero-order chi connectivity index (χ0) is 18.7. The maximum absolute atomic E-state index is 13.8. The van der Waals surface area contributed by atoms with Crippen molar-refractivity contribution in [3.05, 3.63) is 58.4 Å². The molecule has 0 aliphatic carbocycles. The van der Waals surface area contributed by atoms with Crippen LogP contribution < -0.4 is 0 Å². The van der Waals surface area contributed by atoms with Gasteiger partial charge in [-0.05, 0) is 44.4 Å². The number of hydrogen-bond donors (Lipinski definition) is 0. The number of benzene rings is 1. The van der Waals surface area contributed by atoms with E-state index in [1.807, 2.05) is 6.92 Å². The Bertz CT molecular complexity index is 810. The van der Waals surface area contributed by atoms with Crippen LogP contribution in [0.2, 0.25) is 0 Å². The van der Waals surface area contributed by atoms with E-state index < -0.39 is 0 Å². The first-order valence-electron chi connectivity index (χ1n) is 8.86. The molecule has 0 bridgehead atoms. The van der Waals surface area contributed by atoms with Gasteiger partial charge in [0.2, 0.25) is 0 Å². The van der Waals surface area contributed by atoms with Crippen LogP contribution in [0.15, 0.2) is 24.4 Å². The molecule has 138 valence electrons. The molecule has 1 aliphatic rings. The third kappa shape index (κ3) is 3.90. The second-order valence-corrected chi connectivity index (χ2v) is 6.81. The van der Waals surface area contributed by atoms with Gasteiger partial charge in [-0.2, -0.15) is 0 Å². The van der Waals surface area contributed by atoms with Crippen LogP contribution in [0, 0.1) is 19.7 Å². The smallest absolute Gasteiger partial charge is 0.253 e. The van der Waals surface area contributed by atoms with Crippen LogP contribution in [0.5, 0.6) is 0 Å². The molecule has 1 aromatic carbocycles. The molecular weight excluding hydrogens is 333 g/mol. The third-order valence-corrected chi connectivity index (χ3v) is 4.83. The van der Waals surface area contributed by atoms with Crippen molar-refractivity contribution in [1.29, 1.82) is 0 Å². The Morgan fingerprint density at radius 3 is 2.92 bits per heavy atom. The molecule has 3 rings (SSSR count). The molecule has 1 unspecified atom stereocenters. The number of piperidine rings is 1. The van der Waals surface area contributed by atoms with Gasteiger partial charge in [0, 0.05) is 43.4 Å². The number of aryl methyl sites for hydroxylation is 2. The Morgan fingerprint density at radius 1 is 1.38 bits per heavy atom. The first kappa shape index (κ1) is 18.5. The summed E-state index contributed by atoms with van der Waals surface area (Å²) in [6.07, 6.45) is 3.65. The lowest BCUT2D eigenvalue weighted by Gasteiger charge is -2.33. The van der Waals surface area contributed by atoms with E-state index in [1.54, 1.807) is 37.3 Å². The Morgan fingerprint density at radius 2 is 2.19 bits per heavy atom. The Labute approximate surface area is 153 Å². The lowest BCUT2D eigenvalue weighted by atomic mass is 9.91. The molecule has 0 N–H and O–H groups in total. The van der Waals surface area contributed by atoms with Crippen LogP contribution in [0.25, 0.3) is 0 Å². The van der Waals surface area contributed by atoms with Crippen molar-refractivity contribution in [2.45, 2.75) is 39.2 Å². The number of amides is 1. The molecule has 0 saturated carbocycles. The summed E-state index contributed by atoms with van der Waals surface area (Å²) in [6.45, 7) is 5.25. The number of halogens is 1. The van der Waals surface area contributed by atoms with E-state index >= 15 is 0 Å². The van der Waals surface area contributed by atoms with E-state index in [4.69, 9.17) is 4.74 Å². The van der Waals surface area contributed by atoms with Crippen molar-refractivity contribution < 1.29 is 13.9 Å². The lowest BCUT2D eigenvalue weighted by molar-refractivity contribution is 0.0704. The minimum atomic E-state index is -0.349. The predicted octanol–water partition coefficient (Wildman–Crippen LogP) is 3.40. The van der Waals surface area contributed by atoms with Crippen molar-refractivity contribution in [3.8, 4) is 0 Å². The molecule has 2 aromatic rings. The van der Waals surface area contributed by atoms with Crippen LogP contribution in [-0.4, -0.2) is 41.0 Å². The zero-order valence-electron chi connectivity index (χ0n) is 15.5. The van der Waals surface area contributed by atoms with Crippen molar-refractivity contribution >= 4 is 5.91 Å². The molecule has 1 atom stereocenters. The summed E-state index contributed by atoms with van der Waals surface area (Å²) in [5.74, 6) is 0.365. The number of methoxy groups -OCH3 is 1. The Balaban J connectivity index is 1.82. The lowest BCUT2D eigenvalue weighted by Crippen LogP contribution is -2.39. The fourth-order valence-electron chi connectivity index (χ4n) is 3.43. The molecular formula is C20H24FN3O2. The second-order valence-electron chi connectivity index (χ2n) is 6.81. The highest BCUT2D eigenvalue weighted by Gasteiger charge is 2.28. The Kier molecular flexibility index (Phi) is 5.61. The molecule has 1 saturated heterocycles. The minimum absolute atomic E-state index is 0.132. The fraction of sp³-hybridized carbons (Fsp3) is 0.450. The largest absolute Gasteiger partial charge is 0.380 e. The van der Waals surface area contributed by atoms with Gasteiger partial charge >= 0.3 is 0 Å². The average molecular weight is 357 g/mol.